The van der Waals surface area contributed by atoms with E-state index in [4.69, 9.17) is 4.74 Å². The lowest BCUT2D eigenvalue weighted by molar-refractivity contribution is -0.119. The van der Waals surface area contributed by atoms with E-state index in [-0.39, 0.29) is 31.3 Å². The molecule has 0 atom stereocenters. The highest BCUT2D eigenvalue weighted by molar-refractivity contribution is 7.22. The van der Waals surface area contributed by atoms with Gasteiger partial charge in [0.15, 0.2) is 5.13 Å². The second kappa shape index (κ2) is 8.79. The quantitative estimate of drug-likeness (QED) is 0.440. The Morgan fingerprint density at radius 1 is 1.07 bits per heavy atom. The molecule has 5 nitrogen and oxygen atoms in total. The summed E-state index contributed by atoms with van der Waals surface area (Å²) in [5.74, 6) is 0.254. The van der Waals surface area contributed by atoms with Crippen LogP contribution in [0.4, 0.5) is 9.52 Å². The molecule has 2 aromatic heterocycles. The monoisotopic (exact) mass is 407 g/mol. The summed E-state index contributed by atoms with van der Waals surface area (Å²) in [5, 5.41) is 0.515. The van der Waals surface area contributed by atoms with Crippen molar-refractivity contribution in [2.75, 3.05) is 11.5 Å². The fourth-order valence-corrected chi connectivity index (χ4v) is 3.83. The van der Waals surface area contributed by atoms with E-state index in [0.717, 1.165) is 5.69 Å². The molecule has 0 fully saturated rings. The van der Waals surface area contributed by atoms with E-state index < -0.39 is 0 Å². The van der Waals surface area contributed by atoms with Gasteiger partial charge in [-0.2, -0.15) is 0 Å². The minimum atomic E-state index is -0.327. The molecule has 29 heavy (non-hydrogen) atoms. The normalized spacial score (nSPS) is 10.8. The number of fused-ring (bicyclic) bond motifs is 1. The van der Waals surface area contributed by atoms with Crippen LogP contribution >= 0.6 is 11.3 Å². The molecule has 0 spiro atoms. The lowest BCUT2D eigenvalue weighted by Crippen LogP contribution is -2.31. The van der Waals surface area contributed by atoms with Crippen molar-refractivity contribution in [1.29, 1.82) is 0 Å². The van der Waals surface area contributed by atoms with Gasteiger partial charge in [-0.3, -0.25) is 14.7 Å². The van der Waals surface area contributed by atoms with Crippen LogP contribution in [-0.4, -0.2) is 22.5 Å². The van der Waals surface area contributed by atoms with Crippen LogP contribution in [0.1, 0.15) is 12.1 Å². The SMILES string of the molecule is O=C(CCOc1ccccc1)N(Cc1ccccn1)c1nc2ccc(F)cc2s1. The molecule has 7 heteroatoms. The van der Waals surface area contributed by atoms with E-state index >= 15 is 0 Å². The maximum atomic E-state index is 13.6. The third kappa shape index (κ3) is 4.75. The number of aromatic nitrogens is 2. The van der Waals surface area contributed by atoms with Crippen LogP contribution in [0.25, 0.3) is 10.2 Å². The number of thiazole rings is 1. The topological polar surface area (TPSA) is 55.3 Å². The van der Waals surface area contributed by atoms with Crippen LogP contribution in [0.15, 0.2) is 72.9 Å². The molecule has 2 heterocycles. The lowest BCUT2D eigenvalue weighted by atomic mass is 10.3. The third-order valence-electron chi connectivity index (χ3n) is 4.25. The van der Waals surface area contributed by atoms with Crippen molar-refractivity contribution >= 4 is 32.6 Å². The van der Waals surface area contributed by atoms with Crippen molar-refractivity contribution in [3.8, 4) is 5.75 Å². The van der Waals surface area contributed by atoms with E-state index in [1.165, 1.54) is 23.5 Å². The molecule has 0 radical (unpaired) electrons. The van der Waals surface area contributed by atoms with Crippen LogP contribution < -0.4 is 9.64 Å². The Bertz CT molecular complexity index is 1100. The van der Waals surface area contributed by atoms with Crippen molar-refractivity contribution in [3.05, 3.63) is 84.4 Å². The zero-order valence-electron chi connectivity index (χ0n) is 15.5. The largest absolute Gasteiger partial charge is 0.493 e. The van der Waals surface area contributed by atoms with Crippen molar-refractivity contribution < 1.29 is 13.9 Å². The summed E-state index contributed by atoms with van der Waals surface area (Å²) in [5.41, 5.74) is 1.40. The average molecular weight is 407 g/mol. The van der Waals surface area contributed by atoms with Gasteiger partial charge in [0.05, 0.1) is 35.5 Å². The van der Waals surface area contributed by atoms with E-state index in [2.05, 4.69) is 9.97 Å². The number of hydrogen-bond donors (Lipinski definition) is 0. The van der Waals surface area contributed by atoms with Gasteiger partial charge in [0.2, 0.25) is 5.91 Å². The summed E-state index contributed by atoms with van der Waals surface area (Å²) in [4.78, 5) is 23.4. The summed E-state index contributed by atoms with van der Waals surface area (Å²) >= 11 is 1.28. The molecule has 0 bridgehead atoms. The molecule has 4 aromatic rings. The van der Waals surface area contributed by atoms with Gasteiger partial charge in [-0.05, 0) is 42.5 Å². The molecule has 0 N–H and O–H groups in total. The number of pyridine rings is 1. The first kappa shape index (κ1) is 19.0. The average Bonchev–Trinajstić information content (AvgIpc) is 3.16. The molecular formula is C22H18FN3O2S. The molecule has 0 saturated heterocycles. The van der Waals surface area contributed by atoms with Crippen LogP contribution in [0, 0.1) is 5.82 Å². The number of nitrogens with zero attached hydrogens (tertiary/aromatic N) is 3. The van der Waals surface area contributed by atoms with Gasteiger partial charge in [-0.25, -0.2) is 9.37 Å². The van der Waals surface area contributed by atoms with Crippen molar-refractivity contribution in [3.63, 3.8) is 0 Å². The Morgan fingerprint density at radius 3 is 2.69 bits per heavy atom. The Kier molecular flexibility index (Phi) is 5.76. The number of rotatable bonds is 7. The molecular weight excluding hydrogens is 389 g/mol. The standard InChI is InChI=1S/C22H18FN3O2S/c23-16-9-10-19-20(14-16)29-22(25-19)26(15-17-6-4-5-12-24-17)21(27)11-13-28-18-7-2-1-3-8-18/h1-10,12,14H,11,13,15H2. The molecule has 0 aliphatic rings. The zero-order valence-corrected chi connectivity index (χ0v) is 16.3. The number of ether oxygens (including phenoxy) is 1. The smallest absolute Gasteiger partial charge is 0.232 e. The maximum Gasteiger partial charge on any atom is 0.232 e. The molecule has 0 aliphatic heterocycles. The number of anilines is 1. The van der Waals surface area contributed by atoms with E-state index in [1.54, 1.807) is 17.2 Å². The fraction of sp³-hybridized carbons (Fsp3) is 0.136. The van der Waals surface area contributed by atoms with E-state index in [0.29, 0.717) is 21.1 Å². The Balaban J connectivity index is 1.54. The highest BCUT2D eigenvalue weighted by Crippen LogP contribution is 2.30. The number of amides is 1. The number of benzene rings is 2. The second-order valence-electron chi connectivity index (χ2n) is 6.32. The van der Waals surface area contributed by atoms with Gasteiger partial charge in [-0.1, -0.05) is 35.6 Å². The van der Waals surface area contributed by atoms with Gasteiger partial charge in [0, 0.05) is 6.20 Å². The summed E-state index contributed by atoms with van der Waals surface area (Å²) in [6.45, 7) is 0.536. The first-order valence-electron chi connectivity index (χ1n) is 9.13. The maximum absolute atomic E-state index is 13.6. The number of halogens is 1. The van der Waals surface area contributed by atoms with E-state index in [1.807, 2.05) is 48.5 Å². The van der Waals surface area contributed by atoms with Crippen molar-refractivity contribution in [2.45, 2.75) is 13.0 Å². The van der Waals surface area contributed by atoms with Crippen LogP contribution in [0.2, 0.25) is 0 Å². The summed E-state index contributed by atoms with van der Waals surface area (Å²) < 4.78 is 19.9. The Hall–Kier alpha value is -3.32. The molecule has 4 rings (SSSR count). The van der Waals surface area contributed by atoms with Crippen LogP contribution in [-0.2, 0) is 11.3 Å². The van der Waals surface area contributed by atoms with Gasteiger partial charge < -0.3 is 4.74 Å². The lowest BCUT2D eigenvalue weighted by Gasteiger charge is -2.19. The number of carbonyl (C=O) groups is 1. The summed E-state index contributed by atoms with van der Waals surface area (Å²) in [6.07, 6.45) is 1.87. The molecule has 0 saturated carbocycles. The summed E-state index contributed by atoms with van der Waals surface area (Å²) in [6, 6.07) is 19.3. The second-order valence-corrected chi connectivity index (χ2v) is 7.33. The first-order valence-corrected chi connectivity index (χ1v) is 9.95. The zero-order chi connectivity index (χ0) is 20.1. The predicted molar refractivity (Wildman–Crippen MR) is 112 cm³/mol. The molecule has 1 amide bonds. The number of carbonyl (C=O) groups excluding carboxylic acids is 1. The van der Waals surface area contributed by atoms with Gasteiger partial charge in [0.1, 0.15) is 11.6 Å². The highest BCUT2D eigenvalue weighted by Gasteiger charge is 2.21. The van der Waals surface area contributed by atoms with Crippen molar-refractivity contribution in [2.24, 2.45) is 0 Å². The summed E-state index contributed by atoms with van der Waals surface area (Å²) in [7, 11) is 0. The van der Waals surface area contributed by atoms with Crippen molar-refractivity contribution in [1.82, 2.24) is 9.97 Å². The third-order valence-corrected chi connectivity index (χ3v) is 5.29. The fourth-order valence-electron chi connectivity index (χ4n) is 2.83. The minimum Gasteiger partial charge on any atom is -0.493 e. The highest BCUT2D eigenvalue weighted by atomic mass is 32.1. The Labute approximate surface area is 171 Å². The molecule has 146 valence electrons. The number of para-hydroxylation sites is 1. The van der Waals surface area contributed by atoms with Gasteiger partial charge in [-0.15, -0.1) is 0 Å². The van der Waals surface area contributed by atoms with Crippen LogP contribution in [0.5, 0.6) is 5.75 Å². The van der Waals surface area contributed by atoms with Gasteiger partial charge >= 0.3 is 0 Å². The molecule has 0 unspecified atom stereocenters. The molecule has 2 aromatic carbocycles. The molecule has 0 aliphatic carbocycles. The first-order chi connectivity index (χ1) is 14.2. The number of hydrogen-bond acceptors (Lipinski definition) is 5. The predicted octanol–water partition coefficient (Wildman–Crippen LogP) is 4.83. The van der Waals surface area contributed by atoms with Gasteiger partial charge in [0.25, 0.3) is 0 Å². The minimum absolute atomic E-state index is 0.133. The van der Waals surface area contributed by atoms with E-state index in [9.17, 15) is 9.18 Å². The van der Waals surface area contributed by atoms with Crippen LogP contribution in [0.3, 0.4) is 0 Å². The Morgan fingerprint density at radius 2 is 1.90 bits per heavy atom.